The molecule has 1 aliphatic heterocycles. The highest BCUT2D eigenvalue weighted by Crippen LogP contribution is 2.30. The second-order valence-corrected chi connectivity index (χ2v) is 5.23. The first kappa shape index (κ1) is 13.3. The largest absolute Gasteiger partial charge is 0.422 e. The first-order chi connectivity index (χ1) is 9.72. The van der Waals surface area contributed by atoms with E-state index in [1.165, 1.54) is 6.33 Å². The lowest BCUT2D eigenvalue weighted by Crippen LogP contribution is -2.39. The second-order valence-electron chi connectivity index (χ2n) is 5.23. The zero-order valence-electron chi connectivity index (χ0n) is 11.4. The van der Waals surface area contributed by atoms with Crippen LogP contribution in [0.2, 0.25) is 0 Å². The number of hydrogen-bond donors (Lipinski definition) is 2. The highest BCUT2D eigenvalue weighted by atomic mass is 16.5. The highest BCUT2D eigenvalue weighted by molar-refractivity contribution is 5.80. The van der Waals surface area contributed by atoms with Gasteiger partial charge in [0.05, 0.1) is 6.61 Å². The van der Waals surface area contributed by atoms with Crippen molar-refractivity contribution in [1.29, 1.82) is 0 Å². The Morgan fingerprint density at radius 1 is 1.35 bits per heavy atom. The molecule has 3 rings (SSSR count). The third-order valence-electron chi connectivity index (χ3n) is 3.82. The van der Waals surface area contributed by atoms with Crippen LogP contribution in [0.4, 0.5) is 5.82 Å². The van der Waals surface area contributed by atoms with Crippen LogP contribution in [0, 0.1) is 12.3 Å². The van der Waals surface area contributed by atoms with E-state index in [2.05, 4.69) is 20.3 Å². The van der Waals surface area contributed by atoms with E-state index in [0.29, 0.717) is 42.7 Å². The molecular weight excluding hydrogens is 260 g/mol. The molecule has 2 N–H and O–H groups in total. The maximum atomic E-state index is 9.67. The number of aryl methyl sites for hydroxylation is 1. The Kier molecular flexibility index (Phi) is 3.54. The smallest absolute Gasteiger partial charge is 0.252 e. The van der Waals surface area contributed by atoms with Crippen LogP contribution in [0.5, 0.6) is 0 Å². The maximum absolute atomic E-state index is 9.67. The maximum Gasteiger partial charge on any atom is 0.252 e. The van der Waals surface area contributed by atoms with Gasteiger partial charge in [0.25, 0.3) is 5.71 Å². The number of fused-ring (bicyclic) bond motifs is 1. The van der Waals surface area contributed by atoms with Crippen molar-refractivity contribution in [2.75, 3.05) is 31.7 Å². The molecule has 0 aromatic carbocycles. The van der Waals surface area contributed by atoms with Crippen LogP contribution in [-0.4, -0.2) is 46.4 Å². The van der Waals surface area contributed by atoms with E-state index in [0.717, 1.165) is 12.8 Å². The van der Waals surface area contributed by atoms with Crippen LogP contribution < -0.4 is 5.32 Å². The summed E-state index contributed by atoms with van der Waals surface area (Å²) in [5, 5.41) is 12.9. The fourth-order valence-corrected chi connectivity index (χ4v) is 2.45. The Morgan fingerprint density at radius 2 is 2.15 bits per heavy atom. The summed E-state index contributed by atoms with van der Waals surface area (Å²) in [6.45, 7) is 3.91. The van der Waals surface area contributed by atoms with Gasteiger partial charge in [0.1, 0.15) is 6.33 Å². The van der Waals surface area contributed by atoms with Gasteiger partial charge in [-0.3, -0.25) is 0 Å². The molecule has 7 heteroatoms. The number of aliphatic hydroxyl groups excluding tert-OH is 1. The molecule has 0 atom stereocenters. The molecular formula is C13H18N4O3. The van der Waals surface area contributed by atoms with Crippen LogP contribution >= 0.6 is 0 Å². The average Bonchev–Trinajstić information content (AvgIpc) is 2.87. The van der Waals surface area contributed by atoms with E-state index in [1.54, 1.807) is 6.92 Å². The van der Waals surface area contributed by atoms with E-state index < -0.39 is 0 Å². The monoisotopic (exact) mass is 278 g/mol. The molecule has 1 saturated heterocycles. The molecule has 0 amide bonds. The number of oxazole rings is 1. The van der Waals surface area contributed by atoms with Crippen molar-refractivity contribution in [1.82, 2.24) is 15.0 Å². The Labute approximate surface area is 116 Å². The van der Waals surface area contributed by atoms with Gasteiger partial charge in [-0.1, -0.05) is 0 Å². The molecule has 0 spiro atoms. The molecule has 2 aromatic heterocycles. The van der Waals surface area contributed by atoms with Crippen molar-refractivity contribution >= 4 is 17.0 Å². The van der Waals surface area contributed by atoms with Crippen molar-refractivity contribution in [2.24, 2.45) is 5.41 Å². The lowest BCUT2D eigenvalue weighted by molar-refractivity contribution is -0.00860. The van der Waals surface area contributed by atoms with Gasteiger partial charge in [-0.05, 0) is 12.8 Å². The normalized spacial score (nSPS) is 18.3. The summed E-state index contributed by atoms with van der Waals surface area (Å²) in [6.07, 6.45) is 3.12. The zero-order chi connectivity index (χ0) is 14.0. The molecule has 1 aliphatic rings. The number of aliphatic hydroxyl groups is 1. The standard InChI is InChI=1S/C13H18N4O3/c1-9-17-10-11(15-8-16-12(10)20-9)14-6-13(7-18)2-4-19-5-3-13/h8,18H,2-7H2,1H3,(H,14,15,16). The third-order valence-corrected chi connectivity index (χ3v) is 3.82. The minimum atomic E-state index is -0.158. The Morgan fingerprint density at radius 3 is 2.90 bits per heavy atom. The lowest BCUT2D eigenvalue weighted by atomic mass is 9.81. The molecule has 1 fully saturated rings. The van der Waals surface area contributed by atoms with Gasteiger partial charge in [-0.15, -0.1) is 0 Å². The SMILES string of the molecule is Cc1nc2c(NCC3(CO)CCOCC3)ncnc2o1. The van der Waals surface area contributed by atoms with E-state index >= 15 is 0 Å². The Balaban J connectivity index is 1.79. The number of ether oxygens (including phenoxy) is 1. The van der Waals surface area contributed by atoms with Crippen LogP contribution in [-0.2, 0) is 4.74 Å². The number of nitrogens with one attached hydrogen (secondary N) is 1. The molecule has 0 bridgehead atoms. The molecule has 2 aromatic rings. The fourth-order valence-electron chi connectivity index (χ4n) is 2.45. The quantitative estimate of drug-likeness (QED) is 0.865. The Bertz CT molecular complexity index is 592. The Hall–Kier alpha value is -1.73. The number of nitrogens with zero attached hydrogens (tertiary/aromatic N) is 3. The van der Waals surface area contributed by atoms with Crippen LogP contribution in [0.1, 0.15) is 18.7 Å². The van der Waals surface area contributed by atoms with Crippen LogP contribution in [0.3, 0.4) is 0 Å². The van der Waals surface area contributed by atoms with Crippen molar-refractivity contribution in [2.45, 2.75) is 19.8 Å². The van der Waals surface area contributed by atoms with Gasteiger partial charge in [0.15, 0.2) is 17.2 Å². The average molecular weight is 278 g/mol. The highest BCUT2D eigenvalue weighted by Gasteiger charge is 2.32. The van der Waals surface area contributed by atoms with E-state index in [9.17, 15) is 5.11 Å². The van der Waals surface area contributed by atoms with Gasteiger partial charge in [-0.2, -0.15) is 4.98 Å². The van der Waals surface area contributed by atoms with Gasteiger partial charge < -0.3 is 19.6 Å². The van der Waals surface area contributed by atoms with Crippen molar-refractivity contribution in [3.63, 3.8) is 0 Å². The lowest BCUT2D eigenvalue weighted by Gasteiger charge is -2.35. The van der Waals surface area contributed by atoms with Gasteiger partial charge in [0, 0.05) is 32.1 Å². The number of anilines is 1. The van der Waals surface area contributed by atoms with Gasteiger partial charge >= 0.3 is 0 Å². The predicted octanol–water partition coefficient (Wildman–Crippen LogP) is 1.13. The first-order valence-electron chi connectivity index (χ1n) is 6.73. The summed E-state index contributed by atoms with van der Waals surface area (Å²) in [6, 6.07) is 0. The topological polar surface area (TPSA) is 93.3 Å². The van der Waals surface area contributed by atoms with Crippen molar-refractivity contribution in [3.8, 4) is 0 Å². The predicted molar refractivity (Wildman–Crippen MR) is 72.4 cm³/mol. The van der Waals surface area contributed by atoms with Crippen molar-refractivity contribution < 1.29 is 14.3 Å². The zero-order valence-corrected chi connectivity index (χ0v) is 11.4. The van der Waals surface area contributed by atoms with Crippen LogP contribution in [0.15, 0.2) is 10.7 Å². The molecule has 0 radical (unpaired) electrons. The van der Waals surface area contributed by atoms with E-state index in [-0.39, 0.29) is 12.0 Å². The second kappa shape index (κ2) is 5.34. The number of rotatable bonds is 4. The number of hydrogen-bond acceptors (Lipinski definition) is 7. The third kappa shape index (κ3) is 2.46. The number of aromatic nitrogens is 3. The van der Waals surface area contributed by atoms with Crippen LogP contribution in [0.25, 0.3) is 11.2 Å². The summed E-state index contributed by atoms with van der Waals surface area (Å²) >= 11 is 0. The van der Waals surface area contributed by atoms with E-state index in [4.69, 9.17) is 9.15 Å². The molecule has 108 valence electrons. The van der Waals surface area contributed by atoms with E-state index in [1.807, 2.05) is 0 Å². The fraction of sp³-hybridized carbons (Fsp3) is 0.615. The minimum Gasteiger partial charge on any atom is -0.422 e. The molecule has 20 heavy (non-hydrogen) atoms. The summed E-state index contributed by atoms with van der Waals surface area (Å²) in [5.41, 5.74) is 0.948. The molecule has 0 aliphatic carbocycles. The summed E-state index contributed by atoms with van der Waals surface area (Å²) in [5.74, 6) is 1.21. The minimum absolute atomic E-state index is 0.134. The summed E-state index contributed by atoms with van der Waals surface area (Å²) in [7, 11) is 0. The van der Waals surface area contributed by atoms with Gasteiger partial charge in [-0.25, -0.2) is 9.97 Å². The molecule has 0 saturated carbocycles. The molecule has 0 unspecified atom stereocenters. The molecule has 3 heterocycles. The van der Waals surface area contributed by atoms with Crippen molar-refractivity contribution in [3.05, 3.63) is 12.2 Å². The molecule has 7 nitrogen and oxygen atoms in total. The first-order valence-corrected chi connectivity index (χ1v) is 6.73. The summed E-state index contributed by atoms with van der Waals surface area (Å²) < 4.78 is 10.7. The van der Waals surface area contributed by atoms with Gasteiger partial charge in [0.2, 0.25) is 0 Å². The summed E-state index contributed by atoms with van der Waals surface area (Å²) in [4.78, 5) is 12.5.